The van der Waals surface area contributed by atoms with Crippen molar-refractivity contribution >= 4 is 0 Å². The lowest BCUT2D eigenvalue weighted by molar-refractivity contribution is -0.256. The molecule has 0 atom stereocenters. The van der Waals surface area contributed by atoms with Crippen molar-refractivity contribution in [2.45, 2.75) is 0 Å². The molecule has 0 bridgehead atoms. The fourth-order valence-electron chi connectivity index (χ4n) is 0.0163. The van der Waals surface area contributed by atoms with Crippen molar-refractivity contribution in [2.75, 3.05) is 0 Å². The van der Waals surface area contributed by atoms with Crippen LogP contribution in [0.5, 0.6) is 0 Å². The largest absolute Gasteiger partial charge is 0.392 e. The minimum absolute atomic E-state index is 2.01. The van der Waals surface area contributed by atoms with Crippen LogP contribution in [0.3, 0.4) is 0 Å². The Hall–Kier alpha value is -0.840. The van der Waals surface area contributed by atoms with E-state index in [1.165, 1.54) is 0 Å². The molecule has 0 fully saturated rings. The van der Waals surface area contributed by atoms with Gasteiger partial charge in [-0.05, 0) is 0 Å². The first-order chi connectivity index (χ1) is 2.41. The van der Waals surface area contributed by atoms with Crippen molar-refractivity contribution in [1.82, 2.24) is 0 Å². The summed E-state index contributed by atoms with van der Waals surface area (Å²) in [6.45, 7) is 0. The van der Waals surface area contributed by atoms with Gasteiger partial charge in [-0.15, -0.1) is 0 Å². The first-order valence-electron chi connectivity index (χ1n) is 0.765. The molecule has 30 valence electrons. The van der Waals surface area contributed by atoms with E-state index in [-0.39, 0.29) is 0 Å². The maximum atomic E-state index is 7.24. The van der Waals surface area contributed by atoms with Crippen molar-refractivity contribution in [3.8, 4) is 0 Å². The van der Waals surface area contributed by atoms with Crippen molar-refractivity contribution in [3.05, 3.63) is 0 Å². The second kappa shape index (κ2) is 3.16. The maximum absolute atomic E-state index is 7.24. The molecule has 0 unspecified atom stereocenters. The van der Waals surface area contributed by atoms with Gasteiger partial charge in [0.1, 0.15) is 5.28 Å². The molecule has 0 aliphatic carbocycles. The molecule has 5 heavy (non-hydrogen) atoms. The molecular weight excluding hydrogens is 76.0 g/mol. The summed E-state index contributed by atoms with van der Waals surface area (Å²) in [5, 5.41) is 18.6. The Morgan fingerprint density at radius 3 is 2.20 bits per heavy atom. The standard InChI is InChI=1S/H2N2O3/c3-1-2-5-4/h4H,(H,2,3). The average Bonchev–Trinajstić information content (AvgIpc) is 1.41. The van der Waals surface area contributed by atoms with Gasteiger partial charge in [0.15, 0.2) is 0 Å². The van der Waals surface area contributed by atoms with Gasteiger partial charge < -0.3 is 5.21 Å². The first-order valence-corrected chi connectivity index (χ1v) is 0.765. The maximum Gasteiger partial charge on any atom is 0.101 e. The van der Waals surface area contributed by atoms with E-state index in [1.807, 2.05) is 5.28 Å². The molecule has 0 aliphatic rings. The van der Waals surface area contributed by atoms with Gasteiger partial charge >= 0.3 is 0 Å². The summed E-state index contributed by atoms with van der Waals surface area (Å²) < 4.78 is 0. The third-order valence-electron chi connectivity index (χ3n) is 0.0730. The van der Waals surface area contributed by atoms with Crippen LogP contribution in [0.1, 0.15) is 0 Å². The molecule has 0 aromatic carbocycles. The zero-order valence-corrected chi connectivity index (χ0v) is 2.20. The van der Waals surface area contributed by atoms with E-state index in [0.29, 0.717) is 0 Å². The number of hydrogen-bond acceptors (Lipinski definition) is 4. The van der Waals surface area contributed by atoms with Gasteiger partial charge in [0.2, 0.25) is 0 Å². The quantitative estimate of drug-likeness (QED) is 0.268. The van der Waals surface area contributed by atoms with Crippen molar-refractivity contribution < 1.29 is 15.5 Å². The smallest absolute Gasteiger partial charge is 0.101 e. The number of hydrogen-bond donors (Lipinski definition) is 2. The summed E-state index contributed by atoms with van der Waals surface area (Å²) in [5.41, 5.74) is 0. The monoisotopic (exact) mass is 78.0 g/mol. The Morgan fingerprint density at radius 2 is 2.20 bits per heavy atom. The third-order valence-corrected chi connectivity index (χ3v) is 0.0730. The van der Waals surface area contributed by atoms with Gasteiger partial charge in [-0.25, -0.2) is 0 Å². The molecule has 0 saturated heterocycles. The van der Waals surface area contributed by atoms with Crippen LogP contribution in [-0.2, 0) is 4.99 Å². The fraction of sp³-hybridized carbons (Fsp3) is 0. The molecule has 0 aliphatic heterocycles. The summed E-state index contributed by atoms with van der Waals surface area (Å²) in [6.07, 6.45) is 0. The van der Waals surface area contributed by atoms with E-state index in [9.17, 15) is 0 Å². The third kappa shape index (κ3) is 3.16. The number of nitrogens with zero attached hydrogens (tertiary/aromatic N) is 2. The second-order valence-corrected chi connectivity index (χ2v) is 0.253. The van der Waals surface area contributed by atoms with E-state index >= 15 is 0 Å². The van der Waals surface area contributed by atoms with Crippen LogP contribution in [0.25, 0.3) is 0 Å². The predicted molar refractivity (Wildman–Crippen MR) is 10.4 cm³/mol. The molecule has 0 saturated carbocycles. The van der Waals surface area contributed by atoms with Crippen LogP contribution in [0.15, 0.2) is 10.6 Å². The molecule has 0 rings (SSSR count). The highest BCUT2D eigenvalue weighted by molar-refractivity contribution is 3.56. The molecule has 0 aromatic rings. The van der Waals surface area contributed by atoms with Crippen molar-refractivity contribution in [2.24, 2.45) is 10.6 Å². The predicted octanol–water partition coefficient (Wildman–Crippen LogP) is 0.232. The van der Waals surface area contributed by atoms with Crippen LogP contribution in [0.4, 0.5) is 0 Å². The molecule has 0 amide bonds. The zero-order chi connectivity index (χ0) is 4.12. The molecule has 5 nitrogen and oxygen atoms in total. The van der Waals surface area contributed by atoms with E-state index in [4.69, 9.17) is 10.5 Å². The summed E-state index contributed by atoms with van der Waals surface area (Å²) in [5.74, 6) is 0. The summed E-state index contributed by atoms with van der Waals surface area (Å²) in [7, 11) is 0. The summed E-state index contributed by atoms with van der Waals surface area (Å²) in [6, 6.07) is 0. The Kier molecular flexibility index (Phi) is 2.63. The SMILES string of the molecule is O/N=N/OO. The Labute approximate surface area is 27.4 Å². The van der Waals surface area contributed by atoms with Crippen LogP contribution >= 0.6 is 0 Å². The Bertz CT molecular complexity index is 31.9. The van der Waals surface area contributed by atoms with Gasteiger partial charge in [-0.1, -0.05) is 0 Å². The van der Waals surface area contributed by atoms with Crippen LogP contribution in [0.2, 0.25) is 0 Å². The normalized spacial score (nSPS) is 9.00. The van der Waals surface area contributed by atoms with Gasteiger partial charge in [-0.3, -0.25) is 0 Å². The minimum atomic E-state index is 2.01. The molecule has 0 heterocycles. The lowest BCUT2D eigenvalue weighted by atomic mass is 13.0. The fourth-order valence-corrected chi connectivity index (χ4v) is 0.0163. The van der Waals surface area contributed by atoms with E-state index < -0.39 is 0 Å². The van der Waals surface area contributed by atoms with Crippen LogP contribution in [-0.4, -0.2) is 10.5 Å². The van der Waals surface area contributed by atoms with E-state index in [2.05, 4.69) is 10.3 Å². The second-order valence-electron chi connectivity index (χ2n) is 0.253. The topological polar surface area (TPSA) is 74.4 Å². The lowest BCUT2D eigenvalue weighted by Crippen LogP contribution is -1.60. The van der Waals surface area contributed by atoms with Crippen molar-refractivity contribution in [3.63, 3.8) is 0 Å². The average molecular weight is 78.0 g/mol. The summed E-state index contributed by atoms with van der Waals surface area (Å²) in [4.78, 5) is 2.90. The zero-order valence-electron chi connectivity index (χ0n) is 2.20. The van der Waals surface area contributed by atoms with Gasteiger partial charge in [0.25, 0.3) is 0 Å². The highest BCUT2D eigenvalue weighted by atomic mass is 17.2. The van der Waals surface area contributed by atoms with Crippen LogP contribution in [0, 0.1) is 0 Å². The van der Waals surface area contributed by atoms with Gasteiger partial charge in [0, 0.05) is 0 Å². The molecule has 0 spiro atoms. The molecule has 0 aromatic heterocycles. The highest BCUT2D eigenvalue weighted by Crippen LogP contribution is 1.61. The van der Waals surface area contributed by atoms with Gasteiger partial charge in [0.05, 0.1) is 5.28 Å². The van der Waals surface area contributed by atoms with E-state index in [0.717, 1.165) is 0 Å². The summed E-state index contributed by atoms with van der Waals surface area (Å²) >= 11 is 0. The Balaban J connectivity index is 2.62. The van der Waals surface area contributed by atoms with Crippen molar-refractivity contribution in [1.29, 1.82) is 0 Å². The minimum Gasteiger partial charge on any atom is -0.392 e. The molecule has 0 radical (unpaired) electrons. The Morgan fingerprint density at radius 1 is 1.60 bits per heavy atom. The number of rotatable bonds is 1. The van der Waals surface area contributed by atoms with E-state index in [1.54, 1.807) is 0 Å². The highest BCUT2D eigenvalue weighted by Gasteiger charge is 1.52. The molecule has 2 N–H and O–H groups in total. The lowest BCUT2D eigenvalue weighted by Gasteiger charge is -1.67. The molecule has 5 heteroatoms. The van der Waals surface area contributed by atoms with Gasteiger partial charge in [-0.2, -0.15) is 10.2 Å². The van der Waals surface area contributed by atoms with Crippen LogP contribution < -0.4 is 0 Å². The molecular formula is H2N2O3. The first kappa shape index (κ1) is 4.16.